The minimum atomic E-state index is -4.88. The van der Waals surface area contributed by atoms with Crippen LogP contribution in [0.1, 0.15) is 15.9 Å². The van der Waals surface area contributed by atoms with Crippen molar-refractivity contribution in [3.8, 4) is 11.4 Å². The van der Waals surface area contributed by atoms with Crippen LogP contribution in [0.15, 0.2) is 54.9 Å². The van der Waals surface area contributed by atoms with Gasteiger partial charge in [-0.2, -0.15) is 22.5 Å². The molecule has 11 nitrogen and oxygen atoms in total. The minimum Gasteiger partial charge on any atom is -0.394 e. The topological polar surface area (TPSA) is 165 Å². The number of alkyl halides is 3. The van der Waals surface area contributed by atoms with E-state index < -0.39 is 42.3 Å². The number of anilines is 4. The van der Waals surface area contributed by atoms with E-state index in [0.717, 1.165) is 17.6 Å². The highest BCUT2D eigenvalue weighted by Crippen LogP contribution is 2.34. The second-order valence-corrected chi connectivity index (χ2v) is 9.01. The summed E-state index contributed by atoms with van der Waals surface area (Å²) >= 11 is 0.757. The molecule has 1 amide bonds. The predicted molar refractivity (Wildman–Crippen MR) is 138 cm³/mol. The van der Waals surface area contributed by atoms with Gasteiger partial charge in [-0.15, -0.1) is 0 Å². The van der Waals surface area contributed by atoms with Crippen LogP contribution in [-0.2, 0) is 6.18 Å². The lowest BCUT2D eigenvalue weighted by molar-refractivity contribution is -0.139. The van der Waals surface area contributed by atoms with Crippen LogP contribution in [0.25, 0.3) is 11.4 Å². The summed E-state index contributed by atoms with van der Waals surface area (Å²) in [6, 6.07) is 10.2. The lowest BCUT2D eigenvalue weighted by atomic mass is 10.1. The minimum absolute atomic E-state index is 0.0396. The van der Waals surface area contributed by atoms with Gasteiger partial charge in [0.05, 0.1) is 18.3 Å². The highest BCUT2D eigenvalue weighted by molar-refractivity contribution is 7.10. The van der Waals surface area contributed by atoms with Crippen LogP contribution in [0.2, 0.25) is 0 Å². The summed E-state index contributed by atoms with van der Waals surface area (Å²) < 4.78 is 56.5. The van der Waals surface area contributed by atoms with Gasteiger partial charge in [0.15, 0.2) is 5.82 Å². The quantitative estimate of drug-likeness (QED) is 0.154. The van der Waals surface area contributed by atoms with Gasteiger partial charge in [0.25, 0.3) is 5.91 Å². The number of nitrogens with zero attached hydrogens (tertiary/aromatic N) is 4. The van der Waals surface area contributed by atoms with Gasteiger partial charge in [-0.05, 0) is 42.5 Å². The molecule has 0 radical (unpaired) electrons. The molecule has 0 bridgehead atoms. The van der Waals surface area contributed by atoms with Gasteiger partial charge in [0, 0.05) is 41.0 Å². The van der Waals surface area contributed by atoms with E-state index in [9.17, 15) is 32.6 Å². The lowest BCUT2D eigenvalue weighted by Crippen LogP contribution is -2.35. The van der Waals surface area contributed by atoms with Crippen LogP contribution in [-0.4, -0.2) is 65.9 Å². The number of amides is 1. The third kappa shape index (κ3) is 7.23. The maximum atomic E-state index is 13.6. The van der Waals surface area contributed by atoms with Crippen molar-refractivity contribution in [1.29, 1.82) is 0 Å². The molecule has 0 unspecified atom stereocenters. The van der Waals surface area contributed by atoms with Gasteiger partial charge in [-0.25, -0.2) is 14.4 Å². The molecule has 4 rings (SSSR count). The number of benzene rings is 2. The number of aromatic nitrogens is 4. The molecule has 2 atom stereocenters. The summed E-state index contributed by atoms with van der Waals surface area (Å²) in [6.07, 6.45) is -6.10. The Morgan fingerprint density at radius 2 is 1.73 bits per heavy atom. The molecule has 0 aliphatic rings. The van der Waals surface area contributed by atoms with Gasteiger partial charge in [-0.3, -0.25) is 10.1 Å². The van der Waals surface area contributed by atoms with Crippen LogP contribution in [0.3, 0.4) is 0 Å². The van der Waals surface area contributed by atoms with Crippen molar-refractivity contribution in [2.45, 2.75) is 18.4 Å². The number of rotatable bonds is 10. The Morgan fingerprint density at radius 3 is 2.42 bits per heavy atom. The van der Waals surface area contributed by atoms with Crippen molar-refractivity contribution in [3.63, 3.8) is 0 Å². The molecule has 0 aliphatic heterocycles. The van der Waals surface area contributed by atoms with Crippen molar-refractivity contribution in [2.75, 3.05) is 29.1 Å². The maximum absolute atomic E-state index is 13.6. The Kier molecular flexibility index (Phi) is 8.83. The molecule has 16 heteroatoms. The van der Waals surface area contributed by atoms with E-state index in [0.29, 0.717) is 29.5 Å². The number of nitrogens with one attached hydrogen (secondary N) is 3. The fraction of sp³-hybridized carbons (Fsp3) is 0.208. The summed E-state index contributed by atoms with van der Waals surface area (Å²) in [4.78, 5) is 24.8. The zero-order valence-electron chi connectivity index (χ0n) is 20.2. The smallest absolute Gasteiger partial charge is 0.394 e. The Labute approximate surface area is 227 Å². The predicted octanol–water partition coefficient (Wildman–Crippen LogP) is 3.27. The molecule has 2 heterocycles. The van der Waals surface area contributed by atoms with Gasteiger partial charge >= 0.3 is 6.18 Å². The third-order valence-corrected chi connectivity index (χ3v) is 6.02. The monoisotopic (exact) mass is 579 g/mol. The van der Waals surface area contributed by atoms with Crippen molar-refractivity contribution in [1.82, 2.24) is 19.3 Å². The first kappa shape index (κ1) is 28.8. The number of aliphatic hydroxyl groups is 3. The summed E-state index contributed by atoms with van der Waals surface area (Å²) in [6.45, 7) is -0.645. The molecule has 0 fully saturated rings. The molecule has 0 saturated carbocycles. The van der Waals surface area contributed by atoms with Crippen molar-refractivity contribution < 1.29 is 37.7 Å². The molecule has 210 valence electrons. The van der Waals surface area contributed by atoms with E-state index in [1.165, 1.54) is 18.5 Å². The molecule has 2 aromatic heterocycles. The Hall–Kier alpha value is -4.25. The zero-order chi connectivity index (χ0) is 28.9. The highest BCUT2D eigenvalue weighted by atomic mass is 32.1. The average molecular weight is 580 g/mol. The van der Waals surface area contributed by atoms with Gasteiger partial charge in [0.2, 0.25) is 5.13 Å². The summed E-state index contributed by atoms with van der Waals surface area (Å²) in [5, 5.41) is 36.4. The van der Waals surface area contributed by atoms with Gasteiger partial charge in [-0.1, -0.05) is 0 Å². The van der Waals surface area contributed by atoms with Crippen molar-refractivity contribution >= 4 is 39.9 Å². The Morgan fingerprint density at radius 1 is 1.00 bits per heavy atom. The van der Waals surface area contributed by atoms with Gasteiger partial charge < -0.3 is 26.0 Å². The van der Waals surface area contributed by atoms with Crippen LogP contribution in [0.5, 0.6) is 0 Å². The molecular weight excluding hydrogens is 558 g/mol. The highest BCUT2D eigenvalue weighted by Gasteiger charge is 2.34. The third-order valence-electron chi connectivity index (χ3n) is 5.39. The zero-order valence-corrected chi connectivity index (χ0v) is 21.0. The van der Waals surface area contributed by atoms with Gasteiger partial charge in [0.1, 0.15) is 29.9 Å². The van der Waals surface area contributed by atoms with E-state index in [2.05, 4.69) is 35.3 Å². The molecule has 6 N–H and O–H groups in total. The summed E-state index contributed by atoms with van der Waals surface area (Å²) in [5.74, 6) is -1.30. The second kappa shape index (κ2) is 12.3. The van der Waals surface area contributed by atoms with Crippen LogP contribution in [0.4, 0.5) is 40.0 Å². The normalized spacial score (nSPS) is 13.0. The van der Waals surface area contributed by atoms with Crippen LogP contribution < -0.4 is 16.0 Å². The Bertz CT molecular complexity index is 1470. The van der Waals surface area contributed by atoms with E-state index in [4.69, 9.17) is 5.11 Å². The molecule has 40 heavy (non-hydrogen) atoms. The van der Waals surface area contributed by atoms with E-state index in [1.54, 1.807) is 18.2 Å². The number of hydrogen-bond donors (Lipinski definition) is 6. The standard InChI is InChI=1S/C24H21F4N7O4S/c25-16-6-3-13(7-15(16)24(26,27)28)21-33-23(40-35-21)34-22(39)12-1-4-14(5-2-12)32-20-8-19(30-11-31-20)29-9-17(37)18(38)10-36/h1-8,11,17-18,36-38H,9-10H2,(H2,29,30,31,32)(H,33,34,35,39)/t17-,18-/m0/s1. The molecule has 2 aromatic carbocycles. The average Bonchev–Trinajstić information content (AvgIpc) is 3.39. The molecule has 0 saturated heterocycles. The molecule has 0 spiro atoms. The fourth-order valence-electron chi connectivity index (χ4n) is 3.28. The SMILES string of the molecule is O=C(Nc1nc(-c2ccc(F)c(C(F)(F)F)c2)ns1)c1ccc(Nc2cc(NC[C@H](O)[C@@H](O)CO)ncn2)cc1. The molecular formula is C24H21F4N7O4S. The first-order valence-corrected chi connectivity index (χ1v) is 12.2. The van der Waals surface area contributed by atoms with E-state index in [-0.39, 0.29) is 28.6 Å². The van der Waals surface area contributed by atoms with Crippen molar-refractivity contribution in [2.24, 2.45) is 0 Å². The van der Waals surface area contributed by atoms with Crippen LogP contribution >= 0.6 is 11.5 Å². The largest absolute Gasteiger partial charge is 0.419 e. The Balaban J connectivity index is 1.36. The number of halogens is 4. The second-order valence-electron chi connectivity index (χ2n) is 8.26. The van der Waals surface area contributed by atoms with Crippen LogP contribution in [0, 0.1) is 5.82 Å². The number of hydrogen-bond acceptors (Lipinski definition) is 11. The first-order chi connectivity index (χ1) is 19.0. The van der Waals surface area contributed by atoms with E-state index in [1.807, 2.05) is 0 Å². The summed E-state index contributed by atoms with van der Waals surface area (Å²) in [7, 11) is 0. The summed E-state index contributed by atoms with van der Waals surface area (Å²) in [5.41, 5.74) is -0.662. The molecule has 0 aliphatic carbocycles. The number of carbonyl (C=O) groups is 1. The first-order valence-electron chi connectivity index (χ1n) is 11.5. The number of carbonyl (C=O) groups excluding carboxylic acids is 1. The maximum Gasteiger partial charge on any atom is 0.419 e. The lowest BCUT2D eigenvalue weighted by Gasteiger charge is -2.16. The number of aliphatic hydroxyl groups excluding tert-OH is 3. The van der Waals surface area contributed by atoms with E-state index >= 15 is 0 Å². The fourth-order valence-corrected chi connectivity index (χ4v) is 3.87. The van der Waals surface area contributed by atoms with Crippen molar-refractivity contribution in [3.05, 3.63) is 71.8 Å². The molecule has 4 aromatic rings.